The predicted octanol–water partition coefficient (Wildman–Crippen LogP) is 2.77. The van der Waals surface area contributed by atoms with E-state index in [9.17, 15) is 14.0 Å². The van der Waals surface area contributed by atoms with E-state index in [0.29, 0.717) is 55.5 Å². The summed E-state index contributed by atoms with van der Waals surface area (Å²) in [6.07, 6.45) is 3.08. The van der Waals surface area contributed by atoms with Crippen molar-refractivity contribution in [2.45, 2.75) is 38.5 Å². The lowest BCUT2D eigenvalue weighted by Gasteiger charge is -2.41. The van der Waals surface area contributed by atoms with Gasteiger partial charge in [0.2, 0.25) is 0 Å². The molecule has 2 saturated heterocycles. The maximum absolute atomic E-state index is 14.6. The molecule has 0 spiro atoms. The average molecular weight is 534 g/mol. The fraction of sp³-hybridized carbons (Fsp3) is 0.370. The summed E-state index contributed by atoms with van der Waals surface area (Å²) >= 11 is 0. The maximum atomic E-state index is 14.6. The van der Waals surface area contributed by atoms with Crippen LogP contribution in [0.5, 0.6) is 5.75 Å². The van der Waals surface area contributed by atoms with Crippen LogP contribution in [0.3, 0.4) is 0 Å². The highest BCUT2D eigenvalue weighted by atomic mass is 19.1. The summed E-state index contributed by atoms with van der Waals surface area (Å²) in [6, 6.07) is 10.9. The summed E-state index contributed by atoms with van der Waals surface area (Å²) in [5.41, 5.74) is 2.58. The van der Waals surface area contributed by atoms with Gasteiger partial charge < -0.3 is 19.7 Å². The van der Waals surface area contributed by atoms with Crippen LogP contribution in [0.4, 0.5) is 9.18 Å². The molecule has 5 heterocycles. The Balaban J connectivity index is 1.12. The van der Waals surface area contributed by atoms with Gasteiger partial charge in [-0.05, 0) is 19.4 Å². The molecule has 3 aliphatic heterocycles. The third kappa shape index (κ3) is 4.71. The molecule has 11 nitrogen and oxygen atoms in total. The molecule has 3 amide bonds. The molecule has 2 fully saturated rings. The van der Waals surface area contributed by atoms with Crippen molar-refractivity contribution >= 4 is 18.2 Å². The maximum Gasteiger partial charge on any atom is 0.341 e. The van der Waals surface area contributed by atoms with Gasteiger partial charge in [0, 0.05) is 18.7 Å². The first-order valence-corrected chi connectivity index (χ1v) is 12.8. The van der Waals surface area contributed by atoms with E-state index in [1.165, 1.54) is 15.8 Å². The van der Waals surface area contributed by atoms with Crippen molar-refractivity contribution in [2.24, 2.45) is 5.10 Å². The first-order chi connectivity index (χ1) is 18.9. The van der Waals surface area contributed by atoms with Gasteiger partial charge in [-0.25, -0.2) is 23.9 Å². The van der Waals surface area contributed by atoms with Gasteiger partial charge in [-0.3, -0.25) is 4.79 Å². The van der Waals surface area contributed by atoms with E-state index in [1.807, 2.05) is 30.3 Å². The Morgan fingerprint density at radius 3 is 2.64 bits per heavy atom. The van der Waals surface area contributed by atoms with Crippen LogP contribution in [0.25, 0.3) is 5.82 Å². The second-order valence-corrected chi connectivity index (χ2v) is 9.87. The molecule has 1 atom stereocenters. The highest BCUT2D eigenvalue weighted by Gasteiger charge is 2.39. The zero-order chi connectivity index (χ0) is 27.1. The van der Waals surface area contributed by atoms with E-state index in [-0.39, 0.29) is 35.9 Å². The van der Waals surface area contributed by atoms with Gasteiger partial charge in [-0.15, -0.1) is 0 Å². The van der Waals surface area contributed by atoms with E-state index in [2.05, 4.69) is 20.5 Å². The Bertz CT molecular complexity index is 1430. The first-order valence-electron chi connectivity index (χ1n) is 12.8. The molecule has 0 radical (unpaired) electrons. The van der Waals surface area contributed by atoms with E-state index in [4.69, 9.17) is 9.47 Å². The number of nitrogens with one attached hydrogen (secondary N) is 1. The lowest BCUT2D eigenvalue weighted by atomic mass is 10.0. The number of urea groups is 1. The van der Waals surface area contributed by atoms with Crippen LogP contribution >= 0.6 is 0 Å². The number of carbonyl (C=O) groups is 2. The molecule has 0 bridgehead atoms. The summed E-state index contributed by atoms with van der Waals surface area (Å²) in [7, 11) is 0. The topological polar surface area (TPSA) is 114 Å². The molecule has 3 aliphatic rings. The number of hydrogen-bond acceptors (Lipinski definition) is 7. The normalized spacial score (nSPS) is 19.1. The molecule has 1 aromatic carbocycles. The molecule has 6 rings (SSSR count). The molecule has 12 heteroatoms. The Morgan fingerprint density at radius 2 is 1.92 bits per heavy atom. The van der Waals surface area contributed by atoms with Gasteiger partial charge in [0.05, 0.1) is 61.5 Å². The van der Waals surface area contributed by atoms with Crippen molar-refractivity contribution in [1.29, 1.82) is 0 Å². The number of hydrogen-bond donors (Lipinski definition) is 1. The van der Waals surface area contributed by atoms with Crippen LogP contribution in [0.2, 0.25) is 0 Å². The van der Waals surface area contributed by atoms with Crippen LogP contribution in [-0.4, -0.2) is 81.3 Å². The molecule has 3 aromatic rings. The fourth-order valence-electron chi connectivity index (χ4n) is 4.93. The van der Waals surface area contributed by atoms with Crippen molar-refractivity contribution < 1.29 is 23.5 Å². The Kier molecular flexibility index (Phi) is 6.47. The van der Waals surface area contributed by atoms with E-state index >= 15 is 0 Å². The summed E-state index contributed by atoms with van der Waals surface area (Å²) in [6.45, 7) is 5.08. The molecule has 39 heavy (non-hydrogen) atoms. The Labute approximate surface area is 224 Å². The van der Waals surface area contributed by atoms with E-state index in [1.54, 1.807) is 25.0 Å². The number of amides is 3. The molecule has 0 saturated carbocycles. The fourth-order valence-corrected chi connectivity index (χ4v) is 4.93. The van der Waals surface area contributed by atoms with Crippen molar-refractivity contribution in [3.63, 3.8) is 0 Å². The average Bonchev–Trinajstić information content (AvgIpc) is 3.49. The minimum Gasteiger partial charge on any atom is -0.483 e. The van der Waals surface area contributed by atoms with Gasteiger partial charge in [0.15, 0.2) is 17.4 Å². The number of hydrazone groups is 1. The van der Waals surface area contributed by atoms with Gasteiger partial charge in [0.25, 0.3) is 5.91 Å². The lowest BCUT2D eigenvalue weighted by molar-refractivity contribution is -0.00348. The molecular weight excluding hydrogens is 505 g/mol. The molecular formula is C27H28FN7O4. The number of rotatable bonds is 6. The van der Waals surface area contributed by atoms with Gasteiger partial charge in [-0.2, -0.15) is 10.2 Å². The number of carbonyl (C=O) groups excluding carboxylic acids is 2. The minimum atomic E-state index is -0.624. The zero-order valence-electron chi connectivity index (χ0n) is 21.6. The van der Waals surface area contributed by atoms with E-state index < -0.39 is 5.82 Å². The molecule has 0 aliphatic carbocycles. The number of ether oxygens (including phenoxy) is 2. The summed E-state index contributed by atoms with van der Waals surface area (Å²) in [5, 5.41) is 13.2. The highest BCUT2D eigenvalue weighted by Crippen LogP contribution is 2.31. The first kappa shape index (κ1) is 25.0. The summed E-state index contributed by atoms with van der Waals surface area (Å²) < 4.78 is 27.2. The molecule has 202 valence electrons. The third-order valence-electron chi connectivity index (χ3n) is 7.14. The van der Waals surface area contributed by atoms with Gasteiger partial charge in [0.1, 0.15) is 6.10 Å². The number of benzene rings is 1. The van der Waals surface area contributed by atoms with Gasteiger partial charge in [-0.1, -0.05) is 30.3 Å². The van der Waals surface area contributed by atoms with Crippen molar-refractivity contribution in [1.82, 2.24) is 30.0 Å². The number of likely N-dealkylation sites (tertiary alicyclic amines) is 1. The third-order valence-corrected chi connectivity index (χ3v) is 7.14. The van der Waals surface area contributed by atoms with E-state index in [0.717, 1.165) is 11.8 Å². The second kappa shape index (κ2) is 10.1. The van der Waals surface area contributed by atoms with Crippen molar-refractivity contribution in [2.75, 3.05) is 26.3 Å². The molecule has 0 unspecified atom stereocenters. The van der Waals surface area contributed by atoms with Crippen molar-refractivity contribution in [3.05, 3.63) is 70.9 Å². The summed E-state index contributed by atoms with van der Waals surface area (Å²) in [5.74, 6) is -0.536. The quantitative estimate of drug-likeness (QED) is 0.521. The largest absolute Gasteiger partial charge is 0.483 e. The smallest absolute Gasteiger partial charge is 0.341 e. The molecule has 2 aromatic heterocycles. The predicted molar refractivity (Wildman–Crippen MR) is 138 cm³/mol. The summed E-state index contributed by atoms with van der Waals surface area (Å²) in [4.78, 5) is 31.6. The van der Waals surface area contributed by atoms with Crippen LogP contribution in [-0.2, 0) is 4.74 Å². The Morgan fingerprint density at radius 1 is 1.15 bits per heavy atom. The molecule has 1 N–H and O–H groups in total. The zero-order valence-corrected chi connectivity index (χ0v) is 21.6. The number of aryl methyl sites for hydroxylation is 1. The minimum absolute atomic E-state index is 0.00336. The number of halogens is 1. The van der Waals surface area contributed by atoms with Crippen LogP contribution in [0.1, 0.15) is 39.8 Å². The second-order valence-electron chi connectivity index (χ2n) is 9.87. The highest BCUT2D eigenvalue weighted by molar-refractivity contribution is 5.96. The van der Waals surface area contributed by atoms with Crippen LogP contribution in [0.15, 0.2) is 47.7 Å². The SMILES string of the molecule is Cc1nn(-c2cc(OC3CN(C(=O)N4N=CC[C@H]4c4ccccc4)C3)c(F)cn2)c(C)c1C(=O)NC1COC1. The van der Waals surface area contributed by atoms with Crippen LogP contribution in [0, 0.1) is 19.7 Å². The number of nitrogens with zero attached hydrogens (tertiary/aromatic N) is 6. The van der Waals surface area contributed by atoms with Crippen molar-refractivity contribution in [3.8, 4) is 11.6 Å². The standard InChI is InChI=1S/C27H28FN7O4/c1-16-25(26(36)31-19-14-38-15-19)17(2)34(32-16)24-10-23(21(28)11-29-24)39-20-12-33(13-20)27(37)35-22(8-9-30-35)18-6-4-3-5-7-18/h3-7,9-11,19-20,22H,8,12-15H2,1-2H3,(H,31,36)/t22-/m0/s1. The van der Waals surface area contributed by atoms with Gasteiger partial charge >= 0.3 is 6.03 Å². The number of aromatic nitrogens is 3. The monoisotopic (exact) mass is 533 g/mol. The van der Waals surface area contributed by atoms with Crippen LogP contribution < -0.4 is 10.1 Å². The number of pyridine rings is 1. The Hall–Kier alpha value is -4.32. The lowest BCUT2D eigenvalue weighted by Crippen LogP contribution is -2.58.